The van der Waals surface area contributed by atoms with E-state index in [2.05, 4.69) is 13.0 Å². The minimum absolute atomic E-state index is 0.0103. The summed E-state index contributed by atoms with van der Waals surface area (Å²) in [7, 11) is 0. The van der Waals surface area contributed by atoms with Gasteiger partial charge in [-0.2, -0.15) is 0 Å². The van der Waals surface area contributed by atoms with Crippen molar-refractivity contribution in [3.05, 3.63) is 23.8 Å². The van der Waals surface area contributed by atoms with Crippen LogP contribution in [0.4, 0.5) is 0 Å². The fourth-order valence-corrected chi connectivity index (χ4v) is 1.24. The van der Waals surface area contributed by atoms with E-state index in [-0.39, 0.29) is 18.2 Å². The van der Waals surface area contributed by atoms with Crippen molar-refractivity contribution in [3.8, 4) is 0 Å². The maximum Gasteiger partial charge on any atom is 0.0951 e. The lowest BCUT2D eigenvalue weighted by Gasteiger charge is -2.24. The predicted octanol–water partition coefficient (Wildman–Crippen LogP) is 1.62. The van der Waals surface area contributed by atoms with Crippen molar-refractivity contribution in [2.75, 3.05) is 0 Å². The van der Waals surface area contributed by atoms with E-state index in [1.807, 2.05) is 26.0 Å². The van der Waals surface area contributed by atoms with E-state index >= 15 is 0 Å². The highest BCUT2D eigenvalue weighted by molar-refractivity contribution is 5.26. The van der Waals surface area contributed by atoms with Gasteiger partial charge in [0, 0.05) is 0 Å². The zero-order valence-corrected chi connectivity index (χ0v) is 7.95. The number of nitrogens with two attached hydrogens (primary N) is 1. The first-order valence-electron chi connectivity index (χ1n) is 4.37. The minimum atomic E-state index is 0.0103. The number of rotatable bonds is 2. The third-order valence-electron chi connectivity index (χ3n) is 1.82. The molecule has 0 aromatic heterocycles. The van der Waals surface area contributed by atoms with Gasteiger partial charge in [0.1, 0.15) is 0 Å². The molecule has 0 radical (unpaired) electrons. The van der Waals surface area contributed by atoms with Gasteiger partial charge in [-0.1, -0.05) is 23.8 Å². The van der Waals surface area contributed by atoms with Gasteiger partial charge in [-0.05, 0) is 20.8 Å². The first-order valence-corrected chi connectivity index (χ1v) is 4.37. The summed E-state index contributed by atoms with van der Waals surface area (Å²) in [5.41, 5.74) is 7.06. The van der Waals surface area contributed by atoms with Crippen LogP contribution in [-0.2, 0) is 4.74 Å². The van der Waals surface area contributed by atoms with Gasteiger partial charge in [-0.3, -0.25) is 0 Å². The molecular weight excluding hydrogens is 150 g/mol. The Morgan fingerprint density at radius 3 is 2.75 bits per heavy atom. The van der Waals surface area contributed by atoms with E-state index in [0.717, 1.165) is 0 Å². The third-order valence-corrected chi connectivity index (χ3v) is 1.82. The van der Waals surface area contributed by atoms with Crippen LogP contribution in [-0.4, -0.2) is 18.2 Å². The van der Waals surface area contributed by atoms with Gasteiger partial charge in [-0.15, -0.1) is 0 Å². The molecule has 2 unspecified atom stereocenters. The fourth-order valence-electron chi connectivity index (χ4n) is 1.24. The van der Waals surface area contributed by atoms with Crippen LogP contribution >= 0.6 is 0 Å². The maximum atomic E-state index is 5.83. The summed E-state index contributed by atoms with van der Waals surface area (Å²) in [6, 6.07) is 0.0103. The second-order valence-corrected chi connectivity index (χ2v) is 3.50. The lowest BCUT2D eigenvalue weighted by atomic mass is 10.0. The van der Waals surface area contributed by atoms with E-state index in [0.29, 0.717) is 0 Å². The zero-order chi connectivity index (χ0) is 9.14. The smallest absolute Gasteiger partial charge is 0.0951 e. The molecule has 0 aromatic carbocycles. The van der Waals surface area contributed by atoms with Gasteiger partial charge < -0.3 is 10.5 Å². The topological polar surface area (TPSA) is 35.2 Å². The van der Waals surface area contributed by atoms with Crippen LogP contribution in [0.3, 0.4) is 0 Å². The number of hydrogen-bond acceptors (Lipinski definition) is 2. The van der Waals surface area contributed by atoms with Gasteiger partial charge in [0.15, 0.2) is 0 Å². The van der Waals surface area contributed by atoms with Crippen LogP contribution in [0.2, 0.25) is 0 Å². The third kappa shape index (κ3) is 2.47. The van der Waals surface area contributed by atoms with Crippen LogP contribution in [0.25, 0.3) is 0 Å². The van der Waals surface area contributed by atoms with Crippen LogP contribution in [0.5, 0.6) is 0 Å². The molecule has 0 aliphatic heterocycles. The normalized spacial score (nSPS) is 29.2. The Bertz CT molecular complexity index is 206. The largest absolute Gasteiger partial charge is 0.370 e. The summed E-state index contributed by atoms with van der Waals surface area (Å²) in [5.74, 6) is 0. The Balaban J connectivity index is 2.58. The highest BCUT2D eigenvalue weighted by Crippen LogP contribution is 2.13. The predicted molar refractivity (Wildman–Crippen MR) is 50.9 cm³/mol. The standard InChI is InChI=1S/C10H17NO/c1-7(2)12-10-6-8(3)4-5-9(10)11/h4-7,9-10H,11H2,1-3H3. The first-order chi connectivity index (χ1) is 5.59. The van der Waals surface area contributed by atoms with E-state index in [4.69, 9.17) is 10.5 Å². The molecule has 1 aliphatic rings. The summed E-state index contributed by atoms with van der Waals surface area (Å²) < 4.78 is 5.62. The van der Waals surface area contributed by atoms with Gasteiger partial charge in [0.2, 0.25) is 0 Å². The Kier molecular flexibility index (Phi) is 3.06. The lowest BCUT2D eigenvalue weighted by Crippen LogP contribution is -2.36. The highest BCUT2D eigenvalue weighted by atomic mass is 16.5. The second-order valence-electron chi connectivity index (χ2n) is 3.50. The molecule has 12 heavy (non-hydrogen) atoms. The second kappa shape index (κ2) is 3.87. The average molecular weight is 167 g/mol. The van der Waals surface area contributed by atoms with Gasteiger partial charge in [0.25, 0.3) is 0 Å². The van der Waals surface area contributed by atoms with Crippen molar-refractivity contribution >= 4 is 0 Å². The molecule has 1 rings (SSSR count). The zero-order valence-electron chi connectivity index (χ0n) is 7.95. The highest BCUT2D eigenvalue weighted by Gasteiger charge is 2.17. The van der Waals surface area contributed by atoms with E-state index in [1.165, 1.54) is 5.57 Å². The molecule has 0 amide bonds. The van der Waals surface area contributed by atoms with Crippen molar-refractivity contribution in [3.63, 3.8) is 0 Å². The first kappa shape index (κ1) is 9.49. The lowest BCUT2D eigenvalue weighted by molar-refractivity contribution is 0.0281. The monoisotopic (exact) mass is 167 g/mol. The van der Waals surface area contributed by atoms with Crippen molar-refractivity contribution in [1.82, 2.24) is 0 Å². The van der Waals surface area contributed by atoms with Crippen LogP contribution < -0.4 is 5.73 Å². The Hall–Kier alpha value is -0.600. The minimum Gasteiger partial charge on any atom is -0.370 e. The van der Waals surface area contributed by atoms with Crippen LogP contribution in [0, 0.1) is 0 Å². The average Bonchev–Trinajstić information content (AvgIpc) is 1.96. The molecule has 0 heterocycles. The Labute approximate surface area is 74.1 Å². The van der Waals surface area contributed by atoms with E-state index in [9.17, 15) is 0 Å². The molecule has 2 atom stereocenters. The van der Waals surface area contributed by atoms with Crippen LogP contribution in [0.15, 0.2) is 23.8 Å². The number of allylic oxidation sites excluding steroid dienone is 2. The Morgan fingerprint density at radius 2 is 2.17 bits per heavy atom. The molecule has 0 saturated carbocycles. The van der Waals surface area contributed by atoms with Gasteiger partial charge in [0.05, 0.1) is 18.2 Å². The van der Waals surface area contributed by atoms with E-state index in [1.54, 1.807) is 0 Å². The molecule has 68 valence electrons. The molecule has 0 fully saturated rings. The quantitative estimate of drug-likeness (QED) is 0.678. The molecule has 0 bridgehead atoms. The SMILES string of the molecule is CC1=CC(OC(C)C)C(N)C=C1. The van der Waals surface area contributed by atoms with Gasteiger partial charge >= 0.3 is 0 Å². The van der Waals surface area contributed by atoms with Crippen molar-refractivity contribution < 1.29 is 4.74 Å². The molecule has 2 N–H and O–H groups in total. The summed E-state index contributed by atoms with van der Waals surface area (Å²) in [4.78, 5) is 0. The molecule has 2 nitrogen and oxygen atoms in total. The summed E-state index contributed by atoms with van der Waals surface area (Å²) in [6.07, 6.45) is 6.38. The fraction of sp³-hybridized carbons (Fsp3) is 0.600. The Morgan fingerprint density at radius 1 is 1.50 bits per heavy atom. The number of hydrogen-bond donors (Lipinski definition) is 1. The molecule has 0 aromatic rings. The molecule has 0 spiro atoms. The van der Waals surface area contributed by atoms with Crippen molar-refractivity contribution in [2.45, 2.75) is 39.0 Å². The molecule has 2 heteroatoms. The maximum absolute atomic E-state index is 5.83. The van der Waals surface area contributed by atoms with Gasteiger partial charge in [-0.25, -0.2) is 0 Å². The molecule has 0 saturated heterocycles. The van der Waals surface area contributed by atoms with Crippen molar-refractivity contribution in [1.29, 1.82) is 0 Å². The summed E-state index contributed by atoms with van der Waals surface area (Å²) in [6.45, 7) is 6.10. The van der Waals surface area contributed by atoms with E-state index < -0.39 is 0 Å². The molecular formula is C10H17NO. The summed E-state index contributed by atoms with van der Waals surface area (Å²) >= 11 is 0. The van der Waals surface area contributed by atoms with Crippen LogP contribution in [0.1, 0.15) is 20.8 Å². The van der Waals surface area contributed by atoms with Crippen molar-refractivity contribution in [2.24, 2.45) is 5.73 Å². The summed E-state index contributed by atoms with van der Waals surface area (Å²) in [5, 5.41) is 0. The number of ether oxygens (including phenoxy) is 1. The molecule has 1 aliphatic carbocycles.